The Bertz CT molecular complexity index is 528. The van der Waals surface area contributed by atoms with Gasteiger partial charge in [0.25, 0.3) is 0 Å². The Kier molecular flexibility index (Phi) is 4.57. The molecule has 1 aromatic carbocycles. The van der Waals surface area contributed by atoms with Crippen LogP contribution in [0.25, 0.3) is 11.5 Å². The quantitative estimate of drug-likeness (QED) is 0.839. The largest absolute Gasteiger partial charge is 0.421 e. The fourth-order valence-corrected chi connectivity index (χ4v) is 1.97. The van der Waals surface area contributed by atoms with Crippen molar-refractivity contribution >= 4 is 22.6 Å². The van der Waals surface area contributed by atoms with Crippen molar-refractivity contribution in [3.05, 3.63) is 33.7 Å². The first kappa shape index (κ1) is 14.5. The molecule has 0 aliphatic carbocycles. The van der Waals surface area contributed by atoms with Gasteiger partial charge in [0, 0.05) is 27.6 Å². The van der Waals surface area contributed by atoms with Crippen LogP contribution in [0.15, 0.2) is 28.7 Å². The van der Waals surface area contributed by atoms with Crippen LogP contribution in [0.1, 0.15) is 26.7 Å². The van der Waals surface area contributed by atoms with Crippen LogP contribution in [0.2, 0.25) is 0 Å². The fraction of sp³-hybridized carbons (Fsp3) is 0.429. The highest BCUT2D eigenvalue weighted by Crippen LogP contribution is 2.19. The Labute approximate surface area is 127 Å². The summed E-state index contributed by atoms with van der Waals surface area (Å²) in [6.45, 7) is 7.24. The van der Waals surface area contributed by atoms with E-state index in [1.807, 2.05) is 24.3 Å². The van der Waals surface area contributed by atoms with E-state index in [1.165, 1.54) is 3.57 Å². The van der Waals surface area contributed by atoms with E-state index < -0.39 is 0 Å². The minimum Gasteiger partial charge on any atom is -0.421 e. The van der Waals surface area contributed by atoms with Crippen LogP contribution in [0.4, 0.5) is 0 Å². The minimum absolute atomic E-state index is 0.110. The predicted molar refractivity (Wildman–Crippen MR) is 83.9 cm³/mol. The zero-order chi connectivity index (χ0) is 13.9. The minimum atomic E-state index is 0.110. The first-order chi connectivity index (χ1) is 8.94. The van der Waals surface area contributed by atoms with E-state index in [1.54, 1.807) is 0 Å². The highest BCUT2D eigenvalue weighted by atomic mass is 127. The molecule has 4 nitrogen and oxygen atoms in total. The monoisotopic (exact) mass is 371 g/mol. The molecule has 1 heterocycles. The molecule has 0 saturated carbocycles. The van der Waals surface area contributed by atoms with Gasteiger partial charge in [-0.1, -0.05) is 0 Å². The third-order valence-corrected chi connectivity index (χ3v) is 3.27. The van der Waals surface area contributed by atoms with Crippen LogP contribution in [0.5, 0.6) is 0 Å². The van der Waals surface area contributed by atoms with Crippen LogP contribution >= 0.6 is 22.6 Å². The van der Waals surface area contributed by atoms with E-state index in [-0.39, 0.29) is 5.54 Å². The molecule has 19 heavy (non-hydrogen) atoms. The van der Waals surface area contributed by atoms with E-state index in [0.29, 0.717) is 11.8 Å². The van der Waals surface area contributed by atoms with Gasteiger partial charge >= 0.3 is 0 Å². The maximum atomic E-state index is 5.66. The zero-order valence-corrected chi connectivity index (χ0v) is 13.6. The first-order valence-corrected chi connectivity index (χ1v) is 7.35. The average molecular weight is 371 g/mol. The molecule has 2 aromatic rings. The van der Waals surface area contributed by atoms with E-state index in [2.05, 4.69) is 58.9 Å². The van der Waals surface area contributed by atoms with Gasteiger partial charge in [-0.3, -0.25) is 0 Å². The fourth-order valence-electron chi connectivity index (χ4n) is 1.61. The molecule has 0 unspecified atom stereocenters. The number of hydrogen-bond donors (Lipinski definition) is 1. The lowest BCUT2D eigenvalue weighted by Crippen LogP contribution is -2.37. The van der Waals surface area contributed by atoms with Gasteiger partial charge in [0.15, 0.2) is 0 Å². The molecule has 102 valence electrons. The molecule has 0 aliphatic heterocycles. The Hall–Kier alpha value is -0.950. The summed E-state index contributed by atoms with van der Waals surface area (Å²) >= 11 is 2.27. The third-order valence-electron chi connectivity index (χ3n) is 2.55. The van der Waals surface area contributed by atoms with Crippen molar-refractivity contribution < 1.29 is 4.42 Å². The van der Waals surface area contributed by atoms with Crippen molar-refractivity contribution in [1.82, 2.24) is 15.5 Å². The molecule has 0 saturated heterocycles. The third kappa shape index (κ3) is 4.58. The summed E-state index contributed by atoms with van der Waals surface area (Å²) in [4.78, 5) is 0. The van der Waals surface area contributed by atoms with E-state index in [0.717, 1.165) is 18.5 Å². The second kappa shape index (κ2) is 6.00. The van der Waals surface area contributed by atoms with E-state index >= 15 is 0 Å². The van der Waals surface area contributed by atoms with Crippen LogP contribution in [-0.2, 0) is 6.42 Å². The summed E-state index contributed by atoms with van der Waals surface area (Å²) in [5.41, 5.74) is 1.07. The molecule has 5 heteroatoms. The molecule has 1 N–H and O–H groups in total. The van der Waals surface area contributed by atoms with Gasteiger partial charge in [-0.25, -0.2) is 0 Å². The number of nitrogens with zero attached hydrogens (tertiary/aromatic N) is 2. The second-order valence-electron chi connectivity index (χ2n) is 5.43. The molecule has 2 rings (SSSR count). The number of halogens is 1. The van der Waals surface area contributed by atoms with Gasteiger partial charge in [0.05, 0.1) is 0 Å². The topological polar surface area (TPSA) is 51.0 Å². The maximum absolute atomic E-state index is 5.66. The molecule has 0 aliphatic rings. The van der Waals surface area contributed by atoms with Gasteiger partial charge in [0.1, 0.15) is 0 Å². The second-order valence-corrected chi connectivity index (χ2v) is 6.68. The molecular formula is C14H18IN3O. The number of nitrogens with one attached hydrogen (secondary N) is 1. The van der Waals surface area contributed by atoms with Gasteiger partial charge in [-0.05, 0) is 67.6 Å². The maximum Gasteiger partial charge on any atom is 0.247 e. The molecule has 0 amide bonds. The predicted octanol–water partition coefficient (Wildman–Crippen LogP) is 3.27. The average Bonchev–Trinajstić information content (AvgIpc) is 2.77. The Balaban J connectivity index is 1.97. The summed E-state index contributed by atoms with van der Waals surface area (Å²) in [6, 6.07) is 8.04. The van der Waals surface area contributed by atoms with Gasteiger partial charge in [0.2, 0.25) is 11.8 Å². The normalized spacial score (nSPS) is 11.8. The molecule has 0 fully saturated rings. The van der Waals surface area contributed by atoms with Crippen LogP contribution < -0.4 is 5.32 Å². The van der Waals surface area contributed by atoms with Gasteiger partial charge in [-0.15, -0.1) is 10.2 Å². The highest BCUT2D eigenvalue weighted by Gasteiger charge is 2.11. The highest BCUT2D eigenvalue weighted by molar-refractivity contribution is 14.1. The number of rotatable bonds is 4. The van der Waals surface area contributed by atoms with Crippen LogP contribution in [0, 0.1) is 3.57 Å². The SMILES string of the molecule is CC(C)(C)NCCc1nnc(-c2ccc(I)cc2)o1. The summed E-state index contributed by atoms with van der Waals surface area (Å²) in [5, 5.41) is 11.6. The summed E-state index contributed by atoms with van der Waals surface area (Å²) in [5.74, 6) is 1.26. The van der Waals surface area contributed by atoms with Crippen molar-refractivity contribution in [2.75, 3.05) is 6.54 Å². The Morgan fingerprint density at radius 1 is 1.16 bits per heavy atom. The van der Waals surface area contributed by atoms with E-state index in [4.69, 9.17) is 4.42 Å². The molecule has 0 spiro atoms. The summed E-state index contributed by atoms with van der Waals surface area (Å²) in [6.07, 6.45) is 0.745. The number of hydrogen-bond acceptors (Lipinski definition) is 4. The van der Waals surface area contributed by atoms with Crippen LogP contribution in [0.3, 0.4) is 0 Å². The summed E-state index contributed by atoms with van der Waals surface area (Å²) in [7, 11) is 0. The number of aromatic nitrogens is 2. The smallest absolute Gasteiger partial charge is 0.247 e. The molecule has 0 atom stereocenters. The first-order valence-electron chi connectivity index (χ1n) is 6.27. The van der Waals surface area contributed by atoms with Gasteiger partial charge < -0.3 is 9.73 Å². The number of benzene rings is 1. The van der Waals surface area contributed by atoms with Crippen molar-refractivity contribution in [3.8, 4) is 11.5 Å². The van der Waals surface area contributed by atoms with Crippen molar-refractivity contribution in [1.29, 1.82) is 0 Å². The van der Waals surface area contributed by atoms with Crippen molar-refractivity contribution in [3.63, 3.8) is 0 Å². The summed E-state index contributed by atoms with van der Waals surface area (Å²) < 4.78 is 6.85. The van der Waals surface area contributed by atoms with E-state index in [9.17, 15) is 0 Å². The van der Waals surface area contributed by atoms with Crippen LogP contribution in [-0.4, -0.2) is 22.3 Å². The molecule has 0 bridgehead atoms. The lowest BCUT2D eigenvalue weighted by molar-refractivity contribution is 0.412. The van der Waals surface area contributed by atoms with Gasteiger partial charge in [-0.2, -0.15) is 0 Å². The van der Waals surface area contributed by atoms with Crippen molar-refractivity contribution in [2.24, 2.45) is 0 Å². The molecular weight excluding hydrogens is 353 g/mol. The zero-order valence-electron chi connectivity index (χ0n) is 11.4. The lowest BCUT2D eigenvalue weighted by atomic mass is 10.1. The standard InChI is InChI=1S/C14H18IN3O/c1-14(2,3)16-9-8-12-17-18-13(19-12)10-4-6-11(15)7-5-10/h4-7,16H,8-9H2,1-3H3. The lowest BCUT2D eigenvalue weighted by Gasteiger charge is -2.19. The Morgan fingerprint density at radius 2 is 1.84 bits per heavy atom. The Morgan fingerprint density at radius 3 is 2.47 bits per heavy atom. The van der Waals surface area contributed by atoms with Crippen molar-refractivity contribution in [2.45, 2.75) is 32.7 Å². The molecule has 0 radical (unpaired) electrons. The molecule has 1 aromatic heterocycles.